The van der Waals surface area contributed by atoms with Crippen LogP contribution in [0.25, 0.3) is 0 Å². The minimum absolute atomic E-state index is 0.361. The predicted octanol–water partition coefficient (Wildman–Crippen LogP) is 1.46. The maximum absolute atomic E-state index is 12.3. The van der Waals surface area contributed by atoms with E-state index < -0.39 is 17.4 Å². The molecule has 6 heteroatoms. The number of amides is 2. The van der Waals surface area contributed by atoms with Crippen molar-refractivity contribution in [1.82, 2.24) is 10.2 Å². The lowest BCUT2D eigenvalue weighted by molar-refractivity contribution is -0.141. The highest BCUT2D eigenvalue weighted by molar-refractivity contribution is 5.84. The molecule has 0 unspecified atom stereocenters. The van der Waals surface area contributed by atoms with Crippen LogP contribution in [0.2, 0.25) is 0 Å². The Morgan fingerprint density at radius 2 is 1.82 bits per heavy atom. The van der Waals surface area contributed by atoms with E-state index in [1.54, 1.807) is 4.90 Å². The molecule has 1 aromatic carbocycles. The summed E-state index contributed by atoms with van der Waals surface area (Å²) in [6, 6.07) is 7.97. The number of carboxylic acid groups (broad SMARTS) is 1. The number of nitrogens with zero attached hydrogens (tertiary/aromatic N) is 1. The van der Waals surface area contributed by atoms with Crippen molar-refractivity contribution in [2.45, 2.75) is 25.3 Å². The first kappa shape index (κ1) is 16.3. The summed E-state index contributed by atoms with van der Waals surface area (Å²) in [5.41, 5.74) is 0.138. The van der Waals surface area contributed by atoms with E-state index in [-0.39, 0.29) is 6.03 Å². The molecule has 1 aliphatic rings. The van der Waals surface area contributed by atoms with Crippen LogP contribution in [0.1, 0.15) is 19.4 Å². The third kappa shape index (κ3) is 3.57. The number of hydrogen-bond donors (Lipinski definition) is 2. The number of carbonyl (C=O) groups is 2. The van der Waals surface area contributed by atoms with Crippen molar-refractivity contribution in [1.29, 1.82) is 0 Å². The molecular formula is C16H22N2O4. The van der Waals surface area contributed by atoms with Crippen LogP contribution in [0.3, 0.4) is 0 Å². The summed E-state index contributed by atoms with van der Waals surface area (Å²) in [5.74, 6) is -1.05. The van der Waals surface area contributed by atoms with Crippen molar-refractivity contribution in [3.63, 3.8) is 0 Å². The Morgan fingerprint density at radius 1 is 1.23 bits per heavy atom. The Hall–Kier alpha value is -2.08. The van der Waals surface area contributed by atoms with Crippen LogP contribution >= 0.6 is 0 Å². The third-order valence-electron chi connectivity index (χ3n) is 4.05. The average Bonchev–Trinajstić information content (AvgIpc) is 2.53. The van der Waals surface area contributed by atoms with Gasteiger partial charge in [-0.1, -0.05) is 44.2 Å². The Morgan fingerprint density at radius 3 is 2.36 bits per heavy atom. The standard InChI is InChI=1S/C16H22N2O4/c1-16(2,12-6-4-3-5-7-12)13(14(19)20)17-15(21)18-8-10-22-11-9-18/h3-7,13H,8-11H2,1-2H3,(H,17,21)(H,19,20)/t13-/m0/s1. The van der Waals surface area contributed by atoms with Gasteiger partial charge in [0.1, 0.15) is 6.04 Å². The molecule has 1 atom stereocenters. The summed E-state index contributed by atoms with van der Waals surface area (Å²) in [4.78, 5) is 25.6. The molecule has 2 rings (SSSR count). The van der Waals surface area contributed by atoms with E-state index in [2.05, 4.69) is 5.32 Å². The van der Waals surface area contributed by atoms with Gasteiger partial charge < -0.3 is 20.1 Å². The van der Waals surface area contributed by atoms with Crippen molar-refractivity contribution in [2.24, 2.45) is 0 Å². The molecule has 0 spiro atoms. The predicted molar refractivity (Wildman–Crippen MR) is 81.8 cm³/mol. The molecule has 2 amide bonds. The number of carbonyl (C=O) groups excluding carboxylic acids is 1. The summed E-state index contributed by atoms with van der Waals surface area (Å²) in [5, 5.41) is 12.2. The monoisotopic (exact) mass is 306 g/mol. The van der Waals surface area contributed by atoms with Crippen molar-refractivity contribution in [3.05, 3.63) is 35.9 Å². The second-order valence-electron chi connectivity index (χ2n) is 5.91. The molecule has 1 aromatic rings. The van der Waals surface area contributed by atoms with Crippen molar-refractivity contribution < 1.29 is 19.4 Å². The zero-order valence-electron chi connectivity index (χ0n) is 12.9. The number of ether oxygens (including phenoxy) is 1. The highest BCUT2D eigenvalue weighted by Crippen LogP contribution is 2.27. The van der Waals surface area contributed by atoms with Gasteiger partial charge in [-0.2, -0.15) is 0 Å². The first-order valence-corrected chi connectivity index (χ1v) is 7.34. The summed E-state index contributed by atoms with van der Waals surface area (Å²) in [6.45, 7) is 5.55. The van der Waals surface area contributed by atoms with Gasteiger partial charge in [0.05, 0.1) is 13.2 Å². The second-order valence-corrected chi connectivity index (χ2v) is 5.91. The number of urea groups is 1. The van der Waals surface area contributed by atoms with Crippen LogP contribution in [-0.4, -0.2) is 54.4 Å². The van der Waals surface area contributed by atoms with Crippen LogP contribution in [0.15, 0.2) is 30.3 Å². The molecule has 1 aliphatic heterocycles. The van der Waals surface area contributed by atoms with Gasteiger partial charge in [0.2, 0.25) is 0 Å². The molecule has 2 N–H and O–H groups in total. The van der Waals surface area contributed by atoms with E-state index in [9.17, 15) is 14.7 Å². The Bertz CT molecular complexity index is 524. The smallest absolute Gasteiger partial charge is 0.327 e. The van der Waals surface area contributed by atoms with E-state index in [0.29, 0.717) is 26.3 Å². The molecule has 6 nitrogen and oxygen atoms in total. The zero-order chi connectivity index (χ0) is 16.2. The number of benzene rings is 1. The topological polar surface area (TPSA) is 78.9 Å². The van der Waals surface area contributed by atoms with Crippen molar-refractivity contribution in [3.8, 4) is 0 Å². The number of carboxylic acids is 1. The molecule has 0 aliphatic carbocycles. The number of hydrogen-bond acceptors (Lipinski definition) is 3. The first-order chi connectivity index (χ1) is 10.4. The maximum Gasteiger partial charge on any atom is 0.327 e. The van der Waals surface area contributed by atoms with Gasteiger partial charge in [-0.05, 0) is 5.56 Å². The van der Waals surface area contributed by atoms with Crippen LogP contribution in [0.5, 0.6) is 0 Å². The van der Waals surface area contributed by atoms with Gasteiger partial charge >= 0.3 is 12.0 Å². The molecule has 22 heavy (non-hydrogen) atoms. The number of aliphatic carboxylic acids is 1. The van der Waals surface area contributed by atoms with E-state index in [1.165, 1.54) is 0 Å². The van der Waals surface area contributed by atoms with Crippen molar-refractivity contribution in [2.75, 3.05) is 26.3 Å². The lowest BCUT2D eigenvalue weighted by atomic mass is 9.77. The third-order valence-corrected chi connectivity index (χ3v) is 4.05. The van der Waals surface area contributed by atoms with Crippen LogP contribution in [0, 0.1) is 0 Å². The van der Waals surface area contributed by atoms with Crippen LogP contribution in [0.4, 0.5) is 4.79 Å². The van der Waals surface area contributed by atoms with E-state index in [0.717, 1.165) is 5.56 Å². The van der Waals surface area contributed by atoms with Crippen LogP contribution in [-0.2, 0) is 14.9 Å². The average molecular weight is 306 g/mol. The lowest BCUT2D eigenvalue weighted by Gasteiger charge is -2.35. The second kappa shape index (κ2) is 6.79. The fourth-order valence-electron chi connectivity index (χ4n) is 2.57. The quantitative estimate of drug-likeness (QED) is 0.882. The molecule has 0 aromatic heterocycles. The lowest BCUT2D eigenvalue weighted by Crippen LogP contribution is -2.57. The highest BCUT2D eigenvalue weighted by Gasteiger charge is 2.38. The fourth-order valence-corrected chi connectivity index (χ4v) is 2.57. The Labute approximate surface area is 130 Å². The molecule has 0 saturated carbocycles. The maximum atomic E-state index is 12.3. The minimum atomic E-state index is -1.05. The molecule has 1 fully saturated rings. The summed E-state index contributed by atoms with van der Waals surface area (Å²) in [7, 11) is 0. The van der Waals surface area contributed by atoms with Gasteiger partial charge in [-0.25, -0.2) is 9.59 Å². The Kier molecular flexibility index (Phi) is 5.03. The normalized spacial score (nSPS) is 16.9. The van der Waals surface area contributed by atoms with Gasteiger partial charge in [-0.3, -0.25) is 0 Å². The summed E-state index contributed by atoms with van der Waals surface area (Å²) in [6.07, 6.45) is 0. The van der Waals surface area contributed by atoms with Gasteiger partial charge in [0.25, 0.3) is 0 Å². The highest BCUT2D eigenvalue weighted by atomic mass is 16.5. The SMILES string of the molecule is CC(C)(c1ccccc1)[C@@H](NC(=O)N1CCOCC1)C(=O)O. The largest absolute Gasteiger partial charge is 0.480 e. The summed E-state index contributed by atoms with van der Waals surface area (Å²) >= 11 is 0. The molecule has 120 valence electrons. The van der Waals surface area contributed by atoms with E-state index in [4.69, 9.17) is 4.74 Å². The van der Waals surface area contributed by atoms with Gasteiger partial charge in [0, 0.05) is 18.5 Å². The zero-order valence-corrected chi connectivity index (χ0v) is 12.9. The number of morpholine rings is 1. The molecule has 1 saturated heterocycles. The van der Waals surface area contributed by atoms with Gasteiger partial charge in [0.15, 0.2) is 0 Å². The molecule has 0 radical (unpaired) electrons. The number of rotatable bonds is 4. The van der Waals surface area contributed by atoms with Gasteiger partial charge in [-0.15, -0.1) is 0 Å². The first-order valence-electron chi connectivity index (χ1n) is 7.34. The van der Waals surface area contributed by atoms with Crippen LogP contribution < -0.4 is 5.32 Å². The molecular weight excluding hydrogens is 284 g/mol. The minimum Gasteiger partial charge on any atom is -0.480 e. The summed E-state index contributed by atoms with van der Waals surface area (Å²) < 4.78 is 5.20. The van der Waals surface area contributed by atoms with E-state index in [1.807, 2.05) is 44.2 Å². The van der Waals surface area contributed by atoms with E-state index >= 15 is 0 Å². The van der Waals surface area contributed by atoms with Crippen molar-refractivity contribution >= 4 is 12.0 Å². The molecule has 1 heterocycles. The molecule has 0 bridgehead atoms. The Balaban J connectivity index is 2.15. The fraction of sp³-hybridized carbons (Fsp3) is 0.500. The number of nitrogens with one attached hydrogen (secondary N) is 1.